The van der Waals surface area contributed by atoms with Gasteiger partial charge < -0.3 is 9.80 Å². The van der Waals surface area contributed by atoms with E-state index >= 15 is 0 Å². The fourth-order valence-corrected chi connectivity index (χ4v) is 2.82. The molecule has 23 heavy (non-hydrogen) atoms. The highest BCUT2D eigenvalue weighted by Crippen LogP contribution is 2.20. The molecule has 0 radical (unpaired) electrons. The van der Waals surface area contributed by atoms with Crippen LogP contribution in [0, 0.1) is 0 Å². The molecule has 2 aromatic rings. The number of aromatic nitrogens is 2. The molecule has 3 rings (SSSR count). The molecule has 0 N–H and O–H groups in total. The first-order valence-corrected chi connectivity index (χ1v) is 8.03. The summed E-state index contributed by atoms with van der Waals surface area (Å²) in [4.78, 5) is 33.1. The van der Waals surface area contributed by atoms with E-state index in [1.54, 1.807) is 6.92 Å². The SMILES string of the molecule is CCC(=O)Cn1cnc2ccc(N3CCN(C)CC3)cc2c1=O. The van der Waals surface area contributed by atoms with Crippen molar-refractivity contribution >= 4 is 22.4 Å². The molecule has 0 aliphatic carbocycles. The van der Waals surface area contributed by atoms with Gasteiger partial charge in [0.25, 0.3) is 5.56 Å². The Labute approximate surface area is 135 Å². The molecule has 6 nitrogen and oxygen atoms in total. The third kappa shape index (κ3) is 3.27. The fraction of sp³-hybridized carbons (Fsp3) is 0.471. The number of likely N-dealkylation sites (N-methyl/N-ethyl adjacent to an activating group) is 1. The summed E-state index contributed by atoms with van der Waals surface area (Å²) in [6.07, 6.45) is 1.89. The lowest BCUT2D eigenvalue weighted by molar-refractivity contribution is -0.119. The minimum Gasteiger partial charge on any atom is -0.369 e. The van der Waals surface area contributed by atoms with Crippen molar-refractivity contribution in [1.82, 2.24) is 14.5 Å². The van der Waals surface area contributed by atoms with Crippen LogP contribution in [0.2, 0.25) is 0 Å². The molecule has 0 amide bonds. The molecule has 1 aliphatic rings. The molecule has 0 atom stereocenters. The summed E-state index contributed by atoms with van der Waals surface area (Å²) in [5.41, 5.74) is 1.57. The van der Waals surface area contributed by atoms with Crippen LogP contribution in [0.3, 0.4) is 0 Å². The maximum Gasteiger partial charge on any atom is 0.261 e. The molecule has 6 heteroatoms. The van der Waals surface area contributed by atoms with E-state index in [1.807, 2.05) is 18.2 Å². The average molecular weight is 314 g/mol. The van der Waals surface area contributed by atoms with Crippen molar-refractivity contribution < 1.29 is 4.79 Å². The van der Waals surface area contributed by atoms with Crippen LogP contribution >= 0.6 is 0 Å². The monoisotopic (exact) mass is 314 g/mol. The number of carbonyl (C=O) groups is 1. The van der Waals surface area contributed by atoms with Crippen molar-refractivity contribution in [3.63, 3.8) is 0 Å². The molecule has 0 unspecified atom stereocenters. The van der Waals surface area contributed by atoms with Gasteiger partial charge in [-0.2, -0.15) is 0 Å². The number of Topliss-reactive ketones (excluding diaryl/α,β-unsaturated/α-hetero) is 1. The van der Waals surface area contributed by atoms with Gasteiger partial charge in [0.2, 0.25) is 0 Å². The van der Waals surface area contributed by atoms with E-state index in [2.05, 4.69) is 21.8 Å². The fourth-order valence-electron chi connectivity index (χ4n) is 2.82. The molecule has 0 saturated carbocycles. The minimum absolute atomic E-state index is 0.0310. The van der Waals surface area contributed by atoms with E-state index in [1.165, 1.54) is 10.9 Å². The number of hydrogen-bond acceptors (Lipinski definition) is 5. The number of anilines is 1. The molecule has 1 saturated heterocycles. The van der Waals surface area contributed by atoms with Crippen LogP contribution in [-0.2, 0) is 11.3 Å². The number of nitrogens with zero attached hydrogens (tertiary/aromatic N) is 4. The van der Waals surface area contributed by atoms with Crippen molar-refractivity contribution in [3.05, 3.63) is 34.9 Å². The van der Waals surface area contributed by atoms with Crippen LogP contribution in [-0.4, -0.2) is 53.5 Å². The quantitative estimate of drug-likeness (QED) is 0.847. The van der Waals surface area contributed by atoms with Crippen molar-refractivity contribution in [2.24, 2.45) is 0 Å². The number of carbonyl (C=O) groups excluding carboxylic acids is 1. The number of fused-ring (bicyclic) bond motifs is 1. The summed E-state index contributed by atoms with van der Waals surface area (Å²) in [6, 6.07) is 5.81. The summed E-state index contributed by atoms with van der Waals surface area (Å²) in [5.74, 6) is 0.0310. The van der Waals surface area contributed by atoms with Crippen molar-refractivity contribution in [1.29, 1.82) is 0 Å². The predicted molar refractivity (Wildman–Crippen MR) is 91.0 cm³/mol. The number of hydrogen-bond donors (Lipinski definition) is 0. The average Bonchev–Trinajstić information content (AvgIpc) is 2.58. The Hall–Kier alpha value is -2.21. The highest BCUT2D eigenvalue weighted by atomic mass is 16.1. The van der Waals surface area contributed by atoms with Crippen LogP contribution in [0.15, 0.2) is 29.3 Å². The van der Waals surface area contributed by atoms with E-state index in [0.29, 0.717) is 17.3 Å². The van der Waals surface area contributed by atoms with Crippen molar-refractivity contribution in [3.8, 4) is 0 Å². The summed E-state index contributed by atoms with van der Waals surface area (Å²) < 4.78 is 1.40. The molecule has 1 aliphatic heterocycles. The highest BCUT2D eigenvalue weighted by molar-refractivity contribution is 5.82. The smallest absolute Gasteiger partial charge is 0.261 e. The lowest BCUT2D eigenvalue weighted by Crippen LogP contribution is -2.44. The summed E-state index contributed by atoms with van der Waals surface area (Å²) in [5, 5.41) is 0.577. The molecule has 0 spiro atoms. The lowest BCUT2D eigenvalue weighted by atomic mass is 10.2. The summed E-state index contributed by atoms with van der Waals surface area (Å²) in [7, 11) is 2.12. The molecule has 0 bridgehead atoms. The molecule has 122 valence electrons. The largest absolute Gasteiger partial charge is 0.369 e. The summed E-state index contributed by atoms with van der Waals surface area (Å²) in [6.45, 7) is 5.82. The number of benzene rings is 1. The molecule has 1 aromatic heterocycles. The standard InChI is InChI=1S/C17H22N4O2/c1-3-14(22)11-21-12-18-16-5-4-13(10-15(16)17(21)23)20-8-6-19(2)7-9-20/h4-5,10,12H,3,6-9,11H2,1-2H3. The first kappa shape index (κ1) is 15.7. The Morgan fingerprint density at radius 3 is 2.65 bits per heavy atom. The Kier molecular flexibility index (Phi) is 4.43. The van der Waals surface area contributed by atoms with Gasteiger partial charge in [-0.25, -0.2) is 4.98 Å². The zero-order valence-corrected chi connectivity index (χ0v) is 13.7. The Balaban J connectivity index is 1.96. The van der Waals surface area contributed by atoms with Gasteiger partial charge in [-0.3, -0.25) is 14.2 Å². The number of ketones is 1. The second-order valence-corrected chi connectivity index (χ2v) is 6.06. The second-order valence-electron chi connectivity index (χ2n) is 6.06. The van der Waals surface area contributed by atoms with Gasteiger partial charge in [-0.05, 0) is 25.2 Å². The predicted octanol–water partition coefficient (Wildman–Crippen LogP) is 1.13. The third-order valence-corrected chi connectivity index (χ3v) is 4.42. The van der Waals surface area contributed by atoms with Crippen molar-refractivity contribution in [2.75, 3.05) is 38.1 Å². The molecular formula is C17H22N4O2. The zero-order chi connectivity index (χ0) is 16.4. The highest BCUT2D eigenvalue weighted by Gasteiger charge is 2.15. The van der Waals surface area contributed by atoms with Gasteiger partial charge in [0.15, 0.2) is 5.78 Å². The summed E-state index contributed by atoms with van der Waals surface area (Å²) >= 11 is 0. The van der Waals surface area contributed by atoms with Gasteiger partial charge in [-0.15, -0.1) is 0 Å². The normalized spacial score (nSPS) is 16.0. The maximum atomic E-state index is 12.6. The van der Waals surface area contributed by atoms with E-state index in [0.717, 1.165) is 31.9 Å². The second kappa shape index (κ2) is 6.50. The molecule has 1 fully saturated rings. The maximum absolute atomic E-state index is 12.6. The first-order valence-electron chi connectivity index (χ1n) is 8.03. The Morgan fingerprint density at radius 2 is 1.96 bits per heavy atom. The van der Waals surface area contributed by atoms with E-state index < -0.39 is 0 Å². The van der Waals surface area contributed by atoms with Crippen LogP contribution in [0.5, 0.6) is 0 Å². The zero-order valence-electron chi connectivity index (χ0n) is 13.7. The van der Waals surface area contributed by atoms with Gasteiger partial charge in [-0.1, -0.05) is 6.92 Å². The van der Waals surface area contributed by atoms with Crippen LogP contribution in [0.25, 0.3) is 10.9 Å². The Bertz CT molecular complexity index is 776. The van der Waals surface area contributed by atoms with E-state index in [-0.39, 0.29) is 17.9 Å². The van der Waals surface area contributed by atoms with Crippen molar-refractivity contribution in [2.45, 2.75) is 19.9 Å². The van der Waals surface area contributed by atoms with Crippen LogP contribution in [0.1, 0.15) is 13.3 Å². The number of rotatable bonds is 4. The van der Waals surface area contributed by atoms with Gasteiger partial charge in [0, 0.05) is 38.3 Å². The topological polar surface area (TPSA) is 58.4 Å². The van der Waals surface area contributed by atoms with Gasteiger partial charge >= 0.3 is 0 Å². The number of piperazine rings is 1. The first-order chi connectivity index (χ1) is 11.1. The third-order valence-electron chi connectivity index (χ3n) is 4.42. The van der Waals surface area contributed by atoms with E-state index in [9.17, 15) is 9.59 Å². The minimum atomic E-state index is -0.146. The van der Waals surface area contributed by atoms with Crippen LogP contribution in [0.4, 0.5) is 5.69 Å². The van der Waals surface area contributed by atoms with E-state index in [4.69, 9.17) is 0 Å². The molecule has 1 aromatic carbocycles. The van der Waals surface area contributed by atoms with Gasteiger partial charge in [0.05, 0.1) is 23.8 Å². The molecular weight excluding hydrogens is 292 g/mol. The van der Waals surface area contributed by atoms with Gasteiger partial charge in [0.1, 0.15) is 0 Å². The Morgan fingerprint density at radius 1 is 1.22 bits per heavy atom. The van der Waals surface area contributed by atoms with Crippen LogP contribution < -0.4 is 10.5 Å². The lowest BCUT2D eigenvalue weighted by Gasteiger charge is -2.34. The molecule has 2 heterocycles.